The van der Waals surface area contributed by atoms with Gasteiger partial charge in [0.2, 0.25) is 0 Å². The number of hydrogen-bond donors (Lipinski definition) is 0. The molecule has 0 aliphatic heterocycles. The monoisotopic (exact) mass is 243 g/mol. The first-order chi connectivity index (χ1) is 8.24. The third kappa shape index (κ3) is 2.02. The fraction of sp³-hybridized carbons (Fsp3) is 0.400. The van der Waals surface area contributed by atoms with E-state index in [1.165, 1.54) is 16.1 Å². The molecule has 1 heterocycles. The first-order valence-electron chi connectivity index (χ1n) is 6.28. The van der Waals surface area contributed by atoms with Crippen molar-refractivity contribution in [1.29, 1.82) is 0 Å². The van der Waals surface area contributed by atoms with E-state index in [1.54, 1.807) is 0 Å². The summed E-state index contributed by atoms with van der Waals surface area (Å²) in [4.78, 5) is 4.81. The lowest BCUT2D eigenvalue weighted by atomic mass is 9.81. The Morgan fingerprint density at radius 2 is 2.00 bits per heavy atom. The van der Waals surface area contributed by atoms with Crippen molar-refractivity contribution in [3.05, 3.63) is 41.4 Å². The van der Waals surface area contributed by atoms with Gasteiger partial charge in [0.25, 0.3) is 0 Å². The zero-order chi connectivity index (χ0) is 11.8. The number of nitrogens with zero attached hydrogens (tertiary/aromatic N) is 1. The van der Waals surface area contributed by atoms with Gasteiger partial charge in [0, 0.05) is 5.92 Å². The fourth-order valence-corrected chi connectivity index (χ4v) is 3.76. The van der Waals surface area contributed by atoms with E-state index in [0.717, 1.165) is 5.52 Å². The molecule has 1 aliphatic rings. The van der Waals surface area contributed by atoms with E-state index in [2.05, 4.69) is 50.3 Å². The van der Waals surface area contributed by atoms with Gasteiger partial charge in [-0.1, -0.05) is 38.1 Å². The largest absolute Gasteiger partial charge is 0.241 e. The van der Waals surface area contributed by atoms with Crippen molar-refractivity contribution in [3.63, 3.8) is 0 Å². The van der Waals surface area contributed by atoms with Crippen LogP contribution in [0, 0.1) is 11.8 Å². The Morgan fingerprint density at radius 3 is 2.82 bits per heavy atom. The molecule has 1 nitrogen and oxygen atoms in total. The molecule has 17 heavy (non-hydrogen) atoms. The van der Waals surface area contributed by atoms with Crippen LogP contribution in [0.1, 0.15) is 31.2 Å². The standard InChI is InChI=1S/C15H17NS/c1-10-7-8-11(2)12(9-10)15-16-13-5-3-4-6-14(13)17-15/h3-8,10-12H,9H2,1-2H3. The van der Waals surface area contributed by atoms with E-state index in [-0.39, 0.29) is 0 Å². The maximum Gasteiger partial charge on any atom is 0.0975 e. The van der Waals surface area contributed by atoms with Crippen LogP contribution in [-0.2, 0) is 0 Å². The minimum Gasteiger partial charge on any atom is -0.241 e. The lowest BCUT2D eigenvalue weighted by molar-refractivity contribution is 0.429. The Kier molecular flexibility index (Phi) is 2.75. The van der Waals surface area contributed by atoms with Crippen molar-refractivity contribution in [2.45, 2.75) is 26.2 Å². The molecular formula is C15H17NS. The number of rotatable bonds is 1. The van der Waals surface area contributed by atoms with Gasteiger partial charge in [-0.15, -0.1) is 11.3 Å². The zero-order valence-corrected chi connectivity index (χ0v) is 11.1. The molecule has 2 aromatic rings. The molecule has 1 aliphatic carbocycles. The number of para-hydroxylation sites is 1. The summed E-state index contributed by atoms with van der Waals surface area (Å²) in [6, 6.07) is 8.45. The Balaban J connectivity index is 2.00. The van der Waals surface area contributed by atoms with Crippen molar-refractivity contribution in [1.82, 2.24) is 4.98 Å². The lowest BCUT2D eigenvalue weighted by Gasteiger charge is -2.26. The Labute approximate surface area is 106 Å². The van der Waals surface area contributed by atoms with Crippen LogP contribution >= 0.6 is 11.3 Å². The Bertz CT molecular complexity index is 522. The molecule has 1 aromatic carbocycles. The molecule has 1 aromatic heterocycles. The summed E-state index contributed by atoms with van der Waals surface area (Å²) in [5.41, 5.74) is 1.15. The summed E-state index contributed by atoms with van der Waals surface area (Å²) in [6.45, 7) is 4.60. The molecule has 0 radical (unpaired) electrons. The molecule has 0 bridgehead atoms. The van der Waals surface area contributed by atoms with Crippen LogP contribution in [0.4, 0.5) is 0 Å². The van der Waals surface area contributed by atoms with E-state index in [4.69, 9.17) is 4.98 Å². The first kappa shape index (κ1) is 11.0. The molecule has 0 N–H and O–H groups in total. The van der Waals surface area contributed by atoms with E-state index < -0.39 is 0 Å². The highest BCUT2D eigenvalue weighted by molar-refractivity contribution is 7.18. The number of hydrogen-bond acceptors (Lipinski definition) is 2. The molecule has 0 amide bonds. The third-order valence-corrected chi connectivity index (χ3v) is 4.80. The summed E-state index contributed by atoms with van der Waals surface area (Å²) in [5.74, 6) is 1.90. The van der Waals surface area contributed by atoms with Crippen LogP contribution in [0.5, 0.6) is 0 Å². The summed E-state index contributed by atoms with van der Waals surface area (Å²) in [5, 5.41) is 1.31. The van der Waals surface area contributed by atoms with Crippen molar-refractivity contribution in [3.8, 4) is 0 Å². The number of aromatic nitrogens is 1. The Morgan fingerprint density at radius 1 is 1.18 bits per heavy atom. The minimum atomic E-state index is 0.604. The molecule has 3 rings (SSSR count). The van der Waals surface area contributed by atoms with E-state index in [9.17, 15) is 0 Å². The second-order valence-electron chi connectivity index (χ2n) is 5.08. The van der Waals surface area contributed by atoms with E-state index in [0.29, 0.717) is 17.8 Å². The first-order valence-corrected chi connectivity index (χ1v) is 7.09. The summed E-state index contributed by atoms with van der Waals surface area (Å²) >= 11 is 1.86. The van der Waals surface area contributed by atoms with Crippen LogP contribution in [0.3, 0.4) is 0 Å². The smallest absolute Gasteiger partial charge is 0.0975 e. The molecule has 2 heteroatoms. The highest BCUT2D eigenvalue weighted by atomic mass is 32.1. The number of fused-ring (bicyclic) bond motifs is 1. The molecule has 88 valence electrons. The SMILES string of the molecule is CC1C=CC(C)C(c2nc3ccccc3s2)C1. The van der Waals surface area contributed by atoms with Crippen LogP contribution in [-0.4, -0.2) is 4.98 Å². The van der Waals surface area contributed by atoms with Gasteiger partial charge >= 0.3 is 0 Å². The highest BCUT2D eigenvalue weighted by Crippen LogP contribution is 2.39. The molecule has 0 spiro atoms. The third-order valence-electron chi connectivity index (χ3n) is 3.63. The highest BCUT2D eigenvalue weighted by Gasteiger charge is 2.25. The molecule has 0 saturated heterocycles. The number of thiazole rings is 1. The second kappa shape index (κ2) is 4.26. The van der Waals surface area contributed by atoms with Gasteiger partial charge in [-0.25, -0.2) is 4.98 Å². The molecule has 0 saturated carbocycles. The predicted octanol–water partition coefficient (Wildman–Crippen LogP) is 4.61. The number of allylic oxidation sites excluding steroid dienone is 2. The minimum absolute atomic E-state index is 0.604. The van der Waals surface area contributed by atoms with Gasteiger partial charge < -0.3 is 0 Å². The van der Waals surface area contributed by atoms with Crippen molar-refractivity contribution >= 4 is 21.6 Å². The summed E-state index contributed by atoms with van der Waals surface area (Å²) in [6.07, 6.45) is 5.93. The molecular weight excluding hydrogens is 226 g/mol. The second-order valence-corrected chi connectivity index (χ2v) is 6.15. The van der Waals surface area contributed by atoms with Crippen LogP contribution in [0.25, 0.3) is 10.2 Å². The zero-order valence-electron chi connectivity index (χ0n) is 10.3. The number of benzene rings is 1. The van der Waals surface area contributed by atoms with Gasteiger partial charge in [-0.2, -0.15) is 0 Å². The maximum atomic E-state index is 4.81. The van der Waals surface area contributed by atoms with Gasteiger partial charge in [-0.3, -0.25) is 0 Å². The normalized spacial score (nSPS) is 28.7. The molecule has 3 unspecified atom stereocenters. The van der Waals surface area contributed by atoms with Crippen molar-refractivity contribution < 1.29 is 0 Å². The Hall–Kier alpha value is -1.15. The van der Waals surface area contributed by atoms with Crippen molar-refractivity contribution in [2.24, 2.45) is 11.8 Å². The average Bonchev–Trinajstić information content (AvgIpc) is 2.75. The van der Waals surface area contributed by atoms with Gasteiger partial charge in [0.1, 0.15) is 0 Å². The topological polar surface area (TPSA) is 12.9 Å². The molecule has 3 atom stereocenters. The van der Waals surface area contributed by atoms with Crippen LogP contribution in [0.2, 0.25) is 0 Å². The van der Waals surface area contributed by atoms with Gasteiger partial charge in [0.15, 0.2) is 0 Å². The van der Waals surface area contributed by atoms with E-state index >= 15 is 0 Å². The average molecular weight is 243 g/mol. The van der Waals surface area contributed by atoms with Crippen LogP contribution < -0.4 is 0 Å². The quantitative estimate of drug-likeness (QED) is 0.666. The van der Waals surface area contributed by atoms with Gasteiger partial charge in [-0.05, 0) is 30.4 Å². The summed E-state index contributed by atoms with van der Waals surface area (Å²) < 4.78 is 1.32. The van der Waals surface area contributed by atoms with Crippen LogP contribution in [0.15, 0.2) is 36.4 Å². The summed E-state index contributed by atoms with van der Waals surface area (Å²) in [7, 11) is 0. The fourth-order valence-electron chi connectivity index (χ4n) is 2.57. The van der Waals surface area contributed by atoms with E-state index in [1.807, 2.05) is 11.3 Å². The van der Waals surface area contributed by atoms with Gasteiger partial charge in [0.05, 0.1) is 15.2 Å². The predicted molar refractivity (Wildman–Crippen MR) is 74.4 cm³/mol. The molecule has 0 fully saturated rings. The maximum absolute atomic E-state index is 4.81. The van der Waals surface area contributed by atoms with Crippen molar-refractivity contribution in [2.75, 3.05) is 0 Å². The lowest BCUT2D eigenvalue weighted by Crippen LogP contribution is -2.15.